The van der Waals surface area contributed by atoms with Crippen LogP contribution in [0.5, 0.6) is 0 Å². The van der Waals surface area contributed by atoms with Gasteiger partial charge in [0.15, 0.2) is 0 Å². The van der Waals surface area contributed by atoms with Gasteiger partial charge in [-0.1, -0.05) is 13.2 Å². The maximum absolute atomic E-state index is 11.3. The summed E-state index contributed by atoms with van der Waals surface area (Å²) in [6.45, 7) is 11.3. The van der Waals surface area contributed by atoms with Gasteiger partial charge < -0.3 is 14.6 Å². The molecular formula is C15H22O6. The number of hydrogen-bond acceptors (Lipinski definition) is 5. The molecule has 0 aliphatic carbocycles. The lowest BCUT2D eigenvalue weighted by atomic mass is 9.84. The summed E-state index contributed by atoms with van der Waals surface area (Å²) in [4.78, 5) is 33.8. The summed E-state index contributed by atoms with van der Waals surface area (Å²) in [6.07, 6.45) is 0.234. The van der Waals surface area contributed by atoms with E-state index in [1.807, 2.05) is 0 Å². The smallest absolute Gasteiger partial charge is 0.333 e. The van der Waals surface area contributed by atoms with Crippen molar-refractivity contribution in [3.63, 3.8) is 0 Å². The number of aliphatic carboxylic acids is 1. The molecule has 0 unspecified atom stereocenters. The van der Waals surface area contributed by atoms with Crippen LogP contribution in [-0.2, 0) is 23.9 Å². The molecule has 0 saturated carbocycles. The Morgan fingerprint density at radius 1 is 0.952 bits per heavy atom. The molecule has 0 aliphatic heterocycles. The van der Waals surface area contributed by atoms with Crippen LogP contribution in [0.25, 0.3) is 0 Å². The normalized spacial score (nSPS) is 10.6. The number of carbonyl (C=O) groups is 3. The van der Waals surface area contributed by atoms with Crippen molar-refractivity contribution in [1.82, 2.24) is 0 Å². The zero-order chi connectivity index (χ0) is 16.6. The third kappa shape index (κ3) is 6.74. The van der Waals surface area contributed by atoms with Gasteiger partial charge in [-0.2, -0.15) is 0 Å². The van der Waals surface area contributed by atoms with E-state index in [-0.39, 0.29) is 37.2 Å². The summed E-state index contributed by atoms with van der Waals surface area (Å²) in [5, 5.41) is 9.27. The van der Waals surface area contributed by atoms with Gasteiger partial charge in [-0.05, 0) is 33.6 Å². The fraction of sp³-hybridized carbons (Fsp3) is 0.533. The first-order chi connectivity index (χ1) is 9.60. The average Bonchev–Trinajstić information content (AvgIpc) is 2.37. The fourth-order valence-electron chi connectivity index (χ4n) is 1.32. The van der Waals surface area contributed by atoms with Crippen molar-refractivity contribution in [2.45, 2.75) is 33.6 Å². The summed E-state index contributed by atoms with van der Waals surface area (Å²) >= 11 is 0. The molecule has 0 aliphatic rings. The number of carboxylic acids is 1. The highest BCUT2D eigenvalue weighted by Gasteiger charge is 2.33. The van der Waals surface area contributed by atoms with E-state index in [0.29, 0.717) is 0 Å². The Hall–Kier alpha value is -2.11. The fourth-order valence-corrected chi connectivity index (χ4v) is 1.32. The third-order valence-corrected chi connectivity index (χ3v) is 2.99. The van der Waals surface area contributed by atoms with Gasteiger partial charge in [-0.15, -0.1) is 0 Å². The lowest BCUT2D eigenvalue weighted by Gasteiger charge is -2.24. The highest BCUT2D eigenvalue weighted by atomic mass is 16.5. The van der Waals surface area contributed by atoms with Crippen molar-refractivity contribution < 1.29 is 29.0 Å². The number of rotatable bonds is 9. The largest absolute Gasteiger partial charge is 0.481 e. The molecule has 0 heterocycles. The lowest BCUT2D eigenvalue weighted by Crippen LogP contribution is -2.31. The molecule has 0 spiro atoms. The molecule has 118 valence electrons. The van der Waals surface area contributed by atoms with Crippen LogP contribution in [0.3, 0.4) is 0 Å². The molecule has 6 heteroatoms. The van der Waals surface area contributed by atoms with Crippen molar-refractivity contribution >= 4 is 17.9 Å². The molecule has 0 aromatic heterocycles. The first-order valence-electron chi connectivity index (χ1n) is 6.49. The van der Waals surface area contributed by atoms with E-state index in [4.69, 9.17) is 9.47 Å². The Kier molecular flexibility index (Phi) is 7.41. The van der Waals surface area contributed by atoms with E-state index in [2.05, 4.69) is 13.2 Å². The average molecular weight is 298 g/mol. The Morgan fingerprint density at radius 3 is 1.52 bits per heavy atom. The highest BCUT2D eigenvalue weighted by molar-refractivity contribution is 5.87. The van der Waals surface area contributed by atoms with Crippen molar-refractivity contribution in [3.8, 4) is 0 Å². The minimum Gasteiger partial charge on any atom is -0.481 e. The molecule has 0 saturated heterocycles. The minimum atomic E-state index is -1.15. The second-order valence-electron chi connectivity index (χ2n) is 5.20. The molecule has 6 nitrogen and oxygen atoms in total. The SMILES string of the molecule is C=C(C)C(=O)OCCC(C)(CCOC(=O)C(=C)C)C(=O)O. The zero-order valence-corrected chi connectivity index (χ0v) is 12.7. The van der Waals surface area contributed by atoms with Gasteiger partial charge >= 0.3 is 17.9 Å². The summed E-state index contributed by atoms with van der Waals surface area (Å²) in [5.74, 6) is -2.16. The van der Waals surface area contributed by atoms with Gasteiger partial charge in [-0.3, -0.25) is 4.79 Å². The van der Waals surface area contributed by atoms with Gasteiger partial charge in [0.05, 0.1) is 18.6 Å². The Morgan fingerprint density at radius 2 is 1.29 bits per heavy atom. The second-order valence-corrected chi connectivity index (χ2v) is 5.20. The van der Waals surface area contributed by atoms with Crippen LogP contribution >= 0.6 is 0 Å². The van der Waals surface area contributed by atoms with E-state index in [1.165, 1.54) is 20.8 Å². The van der Waals surface area contributed by atoms with Gasteiger partial charge in [-0.25, -0.2) is 9.59 Å². The minimum absolute atomic E-state index is 0.0388. The first kappa shape index (κ1) is 18.9. The maximum atomic E-state index is 11.3. The van der Waals surface area contributed by atoms with Gasteiger partial charge in [0, 0.05) is 11.1 Å². The van der Waals surface area contributed by atoms with Crippen LogP contribution in [0.1, 0.15) is 33.6 Å². The molecule has 0 fully saturated rings. The Balaban J connectivity index is 4.40. The molecule has 0 radical (unpaired) electrons. The zero-order valence-electron chi connectivity index (χ0n) is 12.7. The molecule has 0 aromatic rings. The van der Waals surface area contributed by atoms with E-state index < -0.39 is 23.3 Å². The van der Waals surface area contributed by atoms with Crippen LogP contribution in [0.4, 0.5) is 0 Å². The Bertz CT molecular complexity index is 417. The van der Waals surface area contributed by atoms with Crippen molar-refractivity contribution in [3.05, 3.63) is 24.3 Å². The maximum Gasteiger partial charge on any atom is 0.333 e. The van der Waals surface area contributed by atoms with Crippen LogP contribution in [0, 0.1) is 5.41 Å². The molecule has 0 atom stereocenters. The quantitative estimate of drug-likeness (QED) is 0.518. The van der Waals surface area contributed by atoms with Crippen LogP contribution < -0.4 is 0 Å². The highest BCUT2D eigenvalue weighted by Crippen LogP contribution is 2.26. The van der Waals surface area contributed by atoms with Gasteiger partial charge in [0.1, 0.15) is 0 Å². The predicted octanol–water partition coefficient (Wildman–Crippen LogP) is 2.10. The third-order valence-electron chi connectivity index (χ3n) is 2.99. The summed E-state index contributed by atoms with van der Waals surface area (Å²) in [7, 11) is 0. The summed E-state index contributed by atoms with van der Waals surface area (Å²) in [5.41, 5.74) is -0.644. The number of esters is 2. The van der Waals surface area contributed by atoms with E-state index in [0.717, 1.165) is 0 Å². The van der Waals surface area contributed by atoms with Gasteiger partial charge in [0.2, 0.25) is 0 Å². The lowest BCUT2D eigenvalue weighted by molar-refractivity contribution is -0.154. The van der Waals surface area contributed by atoms with E-state index in [9.17, 15) is 19.5 Å². The predicted molar refractivity (Wildman–Crippen MR) is 76.5 cm³/mol. The summed E-state index contributed by atoms with van der Waals surface area (Å²) < 4.78 is 9.78. The number of carboxylic acid groups (broad SMARTS) is 1. The molecular weight excluding hydrogens is 276 g/mol. The van der Waals surface area contributed by atoms with Crippen LogP contribution in [0.2, 0.25) is 0 Å². The first-order valence-corrected chi connectivity index (χ1v) is 6.49. The van der Waals surface area contributed by atoms with Crippen molar-refractivity contribution in [2.24, 2.45) is 5.41 Å². The van der Waals surface area contributed by atoms with Crippen LogP contribution in [0.15, 0.2) is 24.3 Å². The standard InChI is InChI=1S/C15H22O6/c1-10(2)12(16)20-8-6-15(5,14(18)19)7-9-21-13(17)11(3)4/h1,3,6-9H2,2,4-5H3,(H,18,19). The molecule has 0 rings (SSSR count). The molecule has 0 amide bonds. The Labute approximate surface area is 124 Å². The van der Waals surface area contributed by atoms with Crippen molar-refractivity contribution in [2.75, 3.05) is 13.2 Å². The molecule has 21 heavy (non-hydrogen) atoms. The second kappa shape index (κ2) is 8.24. The molecule has 1 N–H and O–H groups in total. The van der Waals surface area contributed by atoms with Crippen LogP contribution in [-0.4, -0.2) is 36.2 Å². The number of ether oxygens (including phenoxy) is 2. The molecule has 0 aromatic carbocycles. The van der Waals surface area contributed by atoms with Gasteiger partial charge in [0.25, 0.3) is 0 Å². The number of hydrogen-bond donors (Lipinski definition) is 1. The van der Waals surface area contributed by atoms with E-state index >= 15 is 0 Å². The monoisotopic (exact) mass is 298 g/mol. The topological polar surface area (TPSA) is 89.9 Å². The van der Waals surface area contributed by atoms with Crippen molar-refractivity contribution in [1.29, 1.82) is 0 Å². The number of carbonyl (C=O) groups excluding carboxylic acids is 2. The summed E-state index contributed by atoms with van der Waals surface area (Å²) in [6, 6.07) is 0. The molecule has 0 bridgehead atoms. The van der Waals surface area contributed by atoms with E-state index in [1.54, 1.807) is 0 Å².